The van der Waals surface area contributed by atoms with Crippen molar-refractivity contribution in [1.29, 1.82) is 0 Å². The van der Waals surface area contributed by atoms with E-state index in [9.17, 15) is 40.7 Å². The third-order valence-electron chi connectivity index (χ3n) is 28.7. The van der Waals surface area contributed by atoms with Gasteiger partial charge in [-0.25, -0.2) is 46.1 Å². The molecule has 5 saturated heterocycles. The molecular formula is C104H118Cl3F6N21O7. The summed E-state index contributed by atoms with van der Waals surface area (Å²) in [5.41, 5.74) is 7.68. The molecule has 1 aliphatic carbocycles. The van der Waals surface area contributed by atoms with Crippen molar-refractivity contribution < 1.29 is 59.7 Å². The van der Waals surface area contributed by atoms with Crippen molar-refractivity contribution in [2.24, 2.45) is 5.92 Å². The fourth-order valence-electron chi connectivity index (χ4n) is 21.7. The topological polar surface area (TPSA) is 217 Å². The molecule has 6 fully saturated rings. The van der Waals surface area contributed by atoms with Crippen LogP contribution in [0.2, 0.25) is 15.1 Å². The highest BCUT2D eigenvalue weighted by atomic mass is 35.5. The van der Waals surface area contributed by atoms with Gasteiger partial charge in [-0.1, -0.05) is 122 Å². The Bertz CT molecular complexity index is 6370. The molecule has 11 heterocycles. The van der Waals surface area contributed by atoms with E-state index in [-0.39, 0.29) is 103 Å². The number of aromatic nitrogens is 6. The van der Waals surface area contributed by atoms with Crippen molar-refractivity contribution in [3.05, 3.63) is 229 Å². The van der Waals surface area contributed by atoms with Gasteiger partial charge in [0.25, 0.3) is 17.7 Å². The van der Waals surface area contributed by atoms with E-state index in [1.165, 1.54) is 32.9 Å². The number of anilines is 6. The van der Waals surface area contributed by atoms with Gasteiger partial charge < -0.3 is 82.5 Å². The van der Waals surface area contributed by atoms with Gasteiger partial charge in [-0.3, -0.25) is 24.2 Å². The predicted molar refractivity (Wildman–Crippen MR) is 537 cm³/mol. The van der Waals surface area contributed by atoms with Crippen LogP contribution in [-0.4, -0.2) is 283 Å². The van der Waals surface area contributed by atoms with Gasteiger partial charge in [0.15, 0.2) is 17.5 Å². The number of likely N-dealkylation sites (N-methyl/N-ethyl adjacent to an activating group) is 1. The van der Waals surface area contributed by atoms with Gasteiger partial charge in [0, 0.05) is 179 Å². The zero-order valence-corrected chi connectivity index (χ0v) is 83.0. The van der Waals surface area contributed by atoms with Crippen LogP contribution in [0.1, 0.15) is 107 Å². The molecule has 0 radical (unpaired) electrons. The van der Waals surface area contributed by atoms with E-state index in [1.54, 1.807) is 25.3 Å². The zero-order valence-electron chi connectivity index (χ0n) is 80.7. The van der Waals surface area contributed by atoms with Gasteiger partial charge in [-0.15, -0.1) is 0 Å². The molecule has 37 heteroatoms. The Labute approximate surface area is 833 Å². The van der Waals surface area contributed by atoms with Gasteiger partial charge in [0.1, 0.15) is 72.3 Å². The second-order valence-electron chi connectivity index (χ2n) is 38.4. The van der Waals surface area contributed by atoms with E-state index in [2.05, 4.69) is 122 Å². The number of piperazine rings is 3. The first-order valence-electron chi connectivity index (χ1n) is 48.2. The second-order valence-corrected chi connectivity index (χ2v) is 39.6. The molecule has 744 valence electrons. The third kappa shape index (κ3) is 22.1. The summed E-state index contributed by atoms with van der Waals surface area (Å²) >= 11 is 19.5. The molecule has 18 rings (SSSR count). The lowest BCUT2D eigenvalue weighted by Crippen LogP contribution is -2.57. The average molecular weight is 1990 g/mol. The van der Waals surface area contributed by atoms with Crippen LogP contribution in [0.3, 0.4) is 0 Å². The maximum Gasteiger partial charge on any atom is 0.319 e. The van der Waals surface area contributed by atoms with Crippen LogP contribution in [0.25, 0.3) is 46.9 Å². The standard InChI is InChI=1S/C35H40ClF2N7O3.C35H40ClF2N7O2.C34H38ClF2N7O2/c1-21(2)45-18-26(47-5)15-24(45)20-48-35-40-29-19-42(30-8-6-7-23-9-10-28(38)32(36)31(23)30)12-11-27(29)33(41-35)43-13-14-44(34(46)22(3)37)25(17-43)16-39-4;1-21(2)45-17-22(3)15-25(45)20-47-35-40-29-19-42(30-8-6-7-24-9-10-28(38)32(36)31(24)30)12-11-27(29)33(41-35)43-13-14-44(34(46)23(4)37)26(18-43)16-39-5;1-21(36)33(45)44-17-16-43(19-23(44)18-38-2)32-24-14-15-42(28-10-7-8-22-12-13-25(37)31(35)30(22)28)20-26(24)39-34(40-32)46-29-11-6-5-9-27(29)41(3)4/h6-10,21,24-26H,3,11-20H2,1-2,5H3;6-10,21-22,25-26H,4,11-20H2,1-3H3;7-8,10,12-13,23,27,29H,1,5-6,9,11,14-20H2,3-4H3/t24-,25-,26+;22-,25+,26+;23-,27+,29+/m010/s1. The van der Waals surface area contributed by atoms with E-state index < -0.39 is 70.8 Å². The summed E-state index contributed by atoms with van der Waals surface area (Å²) in [4.78, 5) is 102. The molecule has 1 saturated carbocycles. The maximum absolute atomic E-state index is 14.6. The van der Waals surface area contributed by atoms with Crippen LogP contribution in [0.4, 0.5) is 60.9 Å². The van der Waals surface area contributed by atoms with E-state index in [1.807, 2.05) is 59.5 Å². The highest BCUT2D eigenvalue weighted by Crippen LogP contribution is 2.45. The molecule has 3 amide bonds. The first-order chi connectivity index (χ1) is 67.8. The molecule has 6 aromatic carbocycles. The first-order valence-corrected chi connectivity index (χ1v) is 49.3. The number of carbonyl (C=O) groups is 3. The average Bonchev–Trinajstić information content (AvgIpc) is 1.12. The normalized spacial score (nSPS) is 21.6. The summed E-state index contributed by atoms with van der Waals surface area (Å²) in [6.45, 7) is 51.6. The Morgan fingerprint density at radius 2 is 0.816 bits per heavy atom. The molecule has 0 bridgehead atoms. The van der Waals surface area contributed by atoms with Gasteiger partial charge >= 0.3 is 18.0 Å². The molecule has 0 spiro atoms. The lowest BCUT2D eigenvalue weighted by atomic mass is 9.92. The molecular weight excluding hydrogens is 1880 g/mol. The number of carbonyl (C=O) groups excluding carboxylic acids is 3. The number of fused-ring (bicyclic) bond motifs is 6. The summed E-state index contributed by atoms with van der Waals surface area (Å²) < 4.78 is 110. The summed E-state index contributed by atoms with van der Waals surface area (Å²) in [5, 5.41) is 4.76. The molecule has 9 atom stereocenters. The molecule has 28 nitrogen and oxygen atoms in total. The monoisotopic (exact) mass is 1990 g/mol. The van der Waals surface area contributed by atoms with Gasteiger partial charge in [-0.2, -0.15) is 29.9 Å². The fraction of sp³-hybridized carbons (Fsp3) is 0.481. The van der Waals surface area contributed by atoms with Crippen LogP contribution in [0, 0.1) is 43.1 Å². The van der Waals surface area contributed by atoms with Crippen molar-refractivity contribution in [2.75, 3.05) is 175 Å². The number of hydrogen-bond donors (Lipinski definition) is 0. The lowest BCUT2D eigenvalue weighted by molar-refractivity contribution is -0.131. The number of methoxy groups -OCH3 is 1. The highest BCUT2D eigenvalue weighted by molar-refractivity contribution is 6.38. The van der Waals surface area contributed by atoms with Crippen LogP contribution in [0.5, 0.6) is 18.0 Å². The number of nitrogens with zero attached hydrogens (tertiary/aromatic N) is 21. The fourth-order valence-corrected chi connectivity index (χ4v) is 22.5. The molecule has 0 unspecified atom stereocenters. The molecule has 141 heavy (non-hydrogen) atoms. The van der Waals surface area contributed by atoms with Crippen LogP contribution >= 0.6 is 34.8 Å². The Morgan fingerprint density at radius 3 is 1.17 bits per heavy atom. The van der Waals surface area contributed by atoms with E-state index in [4.69, 9.17) is 103 Å². The number of halogens is 9. The predicted octanol–water partition coefficient (Wildman–Crippen LogP) is 16.8. The largest absolute Gasteiger partial charge is 0.462 e. The molecule has 8 aliphatic heterocycles. The molecule has 0 N–H and O–H groups in total. The Balaban J connectivity index is 0.000000152. The van der Waals surface area contributed by atoms with Crippen molar-refractivity contribution in [1.82, 2.24) is 59.3 Å². The Kier molecular flexibility index (Phi) is 32.2. The third-order valence-corrected chi connectivity index (χ3v) is 29.8. The minimum atomic E-state index is -1.04. The van der Waals surface area contributed by atoms with Crippen molar-refractivity contribution >= 4 is 119 Å². The van der Waals surface area contributed by atoms with E-state index >= 15 is 0 Å². The zero-order chi connectivity index (χ0) is 100. The van der Waals surface area contributed by atoms with E-state index in [0.717, 1.165) is 119 Å². The highest BCUT2D eigenvalue weighted by Gasteiger charge is 2.44. The summed E-state index contributed by atoms with van der Waals surface area (Å²) in [7, 11) is 5.85. The van der Waals surface area contributed by atoms with Gasteiger partial charge in [0.05, 0.1) is 57.9 Å². The first kappa shape index (κ1) is 102. The molecule has 9 aliphatic rings. The number of hydrogen-bond acceptors (Lipinski definition) is 22. The summed E-state index contributed by atoms with van der Waals surface area (Å²) in [6.07, 6.45) is 7.80. The van der Waals surface area contributed by atoms with Crippen molar-refractivity contribution in [3.63, 3.8) is 0 Å². The maximum atomic E-state index is 14.6. The second kappa shape index (κ2) is 44.6. The number of likely N-dealkylation sites (tertiary alicyclic amines) is 2. The Morgan fingerprint density at radius 1 is 0.461 bits per heavy atom. The Hall–Kier alpha value is -12.1. The molecule has 3 aromatic heterocycles. The SMILES string of the molecule is [C-]#[N+]C[C@H]1CN(c2nc(OC[C@@H]3C[C@@H](C)CN3C(C)C)nc3c2CCN(c2cccc4ccc(F)c(Cl)c24)C3)CCN1C(=O)C(=C)F.[C-]#[N+]C[C@H]1CN(c2nc(OC[C@@H]3C[C@@H](OC)CN3C(C)C)nc3c2CCN(c2cccc4ccc(F)c(Cl)c24)C3)CCN1C(=O)C(=C)F.[C-]#[N+]C[C@H]1CN(c2nc(O[C@@H]3CCCC[C@H]3N(C)C)nc3c2CCN(c2cccc4ccc(F)c(Cl)c24)C3)CCN1C(=O)C(=C)F. The number of amides is 3. The van der Waals surface area contributed by atoms with Crippen molar-refractivity contribution in [2.45, 2.75) is 173 Å². The summed E-state index contributed by atoms with van der Waals surface area (Å²) in [5.74, 6) is -4.22. The minimum Gasteiger partial charge on any atom is -0.462 e. The van der Waals surface area contributed by atoms with Crippen LogP contribution in [-0.2, 0) is 58.0 Å². The van der Waals surface area contributed by atoms with Crippen molar-refractivity contribution in [3.8, 4) is 18.0 Å². The smallest absolute Gasteiger partial charge is 0.319 e. The van der Waals surface area contributed by atoms with Gasteiger partial charge in [0.2, 0.25) is 19.6 Å². The number of ether oxygens (including phenoxy) is 4. The molecule has 9 aromatic rings. The summed E-state index contributed by atoms with van der Waals surface area (Å²) in [6, 6.07) is 27.2. The van der Waals surface area contributed by atoms with Gasteiger partial charge in [-0.05, 0) is 152 Å². The number of rotatable bonds is 24. The van der Waals surface area contributed by atoms with Crippen LogP contribution < -0.4 is 43.6 Å². The van der Waals surface area contributed by atoms with E-state index in [0.29, 0.717) is 163 Å². The van der Waals surface area contributed by atoms with Crippen LogP contribution in [0.15, 0.2) is 128 Å². The lowest BCUT2D eigenvalue weighted by Gasteiger charge is -2.41. The quantitative estimate of drug-likeness (QED) is 0.0312. The minimum absolute atomic E-state index is 0.0196. The number of benzene rings is 6.